The van der Waals surface area contributed by atoms with Crippen molar-refractivity contribution in [2.24, 2.45) is 0 Å². The van der Waals surface area contributed by atoms with E-state index < -0.39 is 72.6 Å². The smallest absolute Gasteiger partial charge is 0.317 e. The summed E-state index contributed by atoms with van der Waals surface area (Å²) in [5, 5.41) is 39.9. The Bertz CT molecular complexity index is 1220. The Hall–Kier alpha value is -4.73. The number of nitrogens with one attached hydrogen (secondary N) is 5. The van der Waals surface area contributed by atoms with Crippen LogP contribution in [0.4, 0.5) is 0 Å². The second kappa shape index (κ2) is 27.0. The zero-order valence-corrected chi connectivity index (χ0v) is 31.3. The van der Waals surface area contributed by atoms with E-state index in [0.717, 1.165) is 0 Å². The first kappa shape index (κ1) is 48.3. The number of hydrogen-bond donors (Lipinski definition) is 8. The zero-order chi connectivity index (χ0) is 40.5. The maximum absolute atomic E-state index is 12.8. The molecule has 5 amide bonds. The number of amides is 5. The highest BCUT2D eigenvalue weighted by molar-refractivity contribution is 5.94. The van der Waals surface area contributed by atoms with Gasteiger partial charge >= 0.3 is 17.9 Å². The number of carboxylic acid groups (broad SMARTS) is 3. The van der Waals surface area contributed by atoms with Crippen LogP contribution in [0.1, 0.15) is 41.0 Å². The normalized spacial score (nSPS) is 16.1. The van der Waals surface area contributed by atoms with Gasteiger partial charge in [0.2, 0.25) is 29.5 Å². The zero-order valence-electron chi connectivity index (χ0n) is 31.3. The minimum Gasteiger partial charge on any atom is -0.480 e. The van der Waals surface area contributed by atoms with Crippen LogP contribution >= 0.6 is 0 Å². The van der Waals surface area contributed by atoms with Crippen LogP contribution in [0.25, 0.3) is 0 Å². The molecule has 1 saturated heterocycles. The van der Waals surface area contributed by atoms with Crippen molar-refractivity contribution < 1.29 is 58.5 Å². The fourth-order valence-corrected chi connectivity index (χ4v) is 4.72. The molecule has 1 aliphatic rings. The molecule has 8 N–H and O–H groups in total. The first-order valence-electron chi connectivity index (χ1n) is 17.5. The van der Waals surface area contributed by atoms with Crippen molar-refractivity contribution in [2.75, 3.05) is 98.2 Å². The number of nitrogens with zero attached hydrogens (tertiary/aromatic N) is 4. The molecule has 1 rings (SSSR count). The minimum atomic E-state index is -1.09. The van der Waals surface area contributed by atoms with Crippen LogP contribution in [-0.2, 0) is 43.2 Å². The monoisotopic (exact) mass is 759 g/mol. The maximum Gasteiger partial charge on any atom is 0.317 e. The van der Waals surface area contributed by atoms with Gasteiger partial charge in [0.1, 0.15) is 12.1 Å². The van der Waals surface area contributed by atoms with E-state index in [9.17, 15) is 58.5 Å². The van der Waals surface area contributed by atoms with Gasteiger partial charge in [0.25, 0.3) is 0 Å². The molecular weight excluding hydrogens is 702 g/mol. The molecule has 2 atom stereocenters. The lowest BCUT2D eigenvalue weighted by Crippen LogP contribution is -2.52. The lowest BCUT2D eigenvalue weighted by atomic mass is 10.2. The summed E-state index contributed by atoms with van der Waals surface area (Å²) in [6, 6.07) is -2.06. The molecule has 0 aromatic carbocycles. The fourth-order valence-electron chi connectivity index (χ4n) is 4.72. The van der Waals surface area contributed by atoms with Crippen LogP contribution < -0.4 is 26.6 Å². The molecular formula is C32H57N9O12. The maximum atomic E-state index is 12.8. The minimum absolute atomic E-state index is 0.166. The highest BCUT2D eigenvalue weighted by Gasteiger charge is 2.23. The molecule has 1 fully saturated rings. The number of Topliss-reactive ketones (excluding diaryl/α,β-unsaturated/α-hetero) is 1. The summed E-state index contributed by atoms with van der Waals surface area (Å²) in [6.07, 6.45) is 0.250. The van der Waals surface area contributed by atoms with Crippen LogP contribution in [0.15, 0.2) is 0 Å². The molecule has 0 radical (unpaired) electrons. The first-order chi connectivity index (χ1) is 25.0. The lowest BCUT2D eigenvalue weighted by molar-refractivity contribution is -0.140. The Morgan fingerprint density at radius 3 is 1.11 bits per heavy atom. The average molecular weight is 760 g/mol. The third-order valence-corrected chi connectivity index (χ3v) is 7.64. The van der Waals surface area contributed by atoms with E-state index in [1.807, 2.05) is 13.8 Å². The van der Waals surface area contributed by atoms with Crippen molar-refractivity contribution in [1.82, 2.24) is 46.2 Å². The molecule has 0 aliphatic carbocycles. The molecule has 21 heteroatoms. The number of rotatable bonds is 19. The van der Waals surface area contributed by atoms with Gasteiger partial charge in [-0.05, 0) is 13.8 Å². The van der Waals surface area contributed by atoms with Gasteiger partial charge in [-0.3, -0.25) is 62.8 Å². The number of carbonyl (C=O) groups is 9. The number of aliphatic carboxylic acids is 3. The molecule has 2 unspecified atom stereocenters. The van der Waals surface area contributed by atoms with Gasteiger partial charge in [0.15, 0.2) is 5.78 Å². The van der Waals surface area contributed by atoms with E-state index in [1.165, 1.54) is 13.8 Å². The van der Waals surface area contributed by atoms with E-state index in [1.54, 1.807) is 26.5 Å². The lowest BCUT2D eigenvalue weighted by Gasteiger charge is -2.32. The Morgan fingerprint density at radius 2 is 0.792 bits per heavy atom. The van der Waals surface area contributed by atoms with Gasteiger partial charge in [-0.25, -0.2) is 0 Å². The van der Waals surface area contributed by atoms with Crippen LogP contribution in [0.2, 0.25) is 0 Å². The Labute approximate surface area is 309 Å². The van der Waals surface area contributed by atoms with Gasteiger partial charge in [0, 0.05) is 58.8 Å². The number of hydrogen-bond acceptors (Lipinski definition) is 13. The summed E-state index contributed by atoms with van der Waals surface area (Å²) in [5.41, 5.74) is 0. The van der Waals surface area contributed by atoms with E-state index in [4.69, 9.17) is 0 Å². The van der Waals surface area contributed by atoms with Gasteiger partial charge in [0.05, 0.1) is 45.8 Å². The first-order valence-corrected chi connectivity index (χ1v) is 17.5. The molecule has 0 bridgehead atoms. The molecule has 21 nitrogen and oxygen atoms in total. The van der Waals surface area contributed by atoms with Gasteiger partial charge in [-0.1, -0.05) is 20.8 Å². The average Bonchev–Trinajstić information content (AvgIpc) is 3.09. The number of carbonyl (C=O) groups excluding carboxylic acids is 6. The van der Waals surface area contributed by atoms with Crippen LogP contribution in [0.5, 0.6) is 0 Å². The van der Waals surface area contributed by atoms with E-state index in [-0.39, 0.29) is 97.3 Å². The Morgan fingerprint density at radius 1 is 0.491 bits per heavy atom. The molecule has 1 heterocycles. The Kier molecular flexibility index (Phi) is 24.6. The summed E-state index contributed by atoms with van der Waals surface area (Å²) in [5.74, 6) is -6.66. The highest BCUT2D eigenvalue weighted by Crippen LogP contribution is 2.02. The van der Waals surface area contributed by atoms with Crippen LogP contribution in [-0.4, -0.2) is 198 Å². The quantitative estimate of drug-likeness (QED) is 0.0620. The molecule has 1 aliphatic heterocycles. The highest BCUT2D eigenvalue weighted by atomic mass is 16.4. The third-order valence-electron chi connectivity index (χ3n) is 7.64. The van der Waals surface area contributed by atoms with Gasteiger partial charge in [-0.15, -0.1) is 0 Å². The largest absolute Gasteiger partial charge is 0.480 e. The van der Waals surface area contributed by atoms with Crippen LogP contribution in [0.3, 0.4) is 0 Å². The second-order valence-corrected chi connectivity index (χ2v) is 12.0. The molecule has 0 aromatic rings. The van der Waals surface area contributed by atoms with E-state index in [0.29, 0.717) is 0 Å². The molecule has 0 spiro atoms. The summed E-state index contributed by atoms with van der Waals surface area (Å²) in [7, 11) is 0. The molecule has 302 valence electrons. The summed E-state index contributed by atoms with van der Waals surface area (Å²) < 4.78 is 0. The molecule has 53 heavy (non-hydrogen) atoms. The topological polar surface area (TPSA) is 287 Å². The predicted octanol–water partition coefficient (Wildman–Crippen LogP) is -4.17. The van der Waals surface area contributed by atoms with Crippen molar-refractivity contribution in [3.8, 4) is 0 Å². The van der Waals surface area contributed by atoms with Gasteiger partial charge in [-0.2, -0.15) is 0 Å². The third kappa shape index (κ3) is 23.5. The SMILES string of the molecule is CC.CCC(=O)CNC(=O)C(C)NC(=O)CNC(=O)C(C)NC(=O)CNC(=O)CN1CCN(CC(=O)O)CCN(CC(=O)O)CCN(CC(=O)O)CC1. The van der Waals surface area contributed by atoms with E-state index >= 15 is 0 Å². The second-order valence-electron chi connectivity index (χ2n) is 12.0. The number of ketones is 1. The summed E-state index contributed by atoms with van der Waals surface area (Å²) >= 11 is 0. The van der Waals surface area contributed by atoms with Crippen LogP contribution in [0, 0.1) is 0 Å². The Balaban J connectivity index is 0.0000133. The number of carboxylic acids is 3. The predicted molar refractivity (Wildman–Crippen MR) is 190 cm³/mol. The molecule has 0 saturated carbocycles. The van der Waals surface area contributed by atoms with Crippen molar-refractivity contribution in [1.29, 1.82) is 0 Å². The standard InChI is InChI=1S/C30H51N9O12.C2H6/c1-4-22(40)13-32-29(50)20(2)35-24(42)15-33-30(51)21(3)34-23(41)14-31-25(43)16-36-5-7-37(17-26(44)45)9-11-39(19-28(48)49)12-10-38(8-6-36)18-27(46)47;1-2/h20-21H,4-19H2,1-3H3,(H,31,43)(H,32,50)(H,33,51)(H,34,41)(H,35,42)(H,44,45)(H,46,47)(H,48,49);1-2H3. The van der Waals surface area contributed by atoms with Gasteiger partial charge < -0.3 is 41.9 Å². The summed E-state index contributed by atoms with van der Waals surface area (Å²) in [4.78, 5) is 114. The van der Waals surface area contributed by atoms with Crippen molar-refractivity contribution >= 4 is 53.2 Å². The van der Waals surface area contributed by atoms with Crippen molar-refractivity contribution in [3.05, 3.63) is 0 Å². The fraction of sp³-hybridized carbons (Fsp3) is 0.719. The van der Waals surface area contributed by atoms with E-state index in [2.05, 4.69) is 26.6 Å². The molecule has 0 aromatic heterocycles. The van der Waals surface area contributed by atoms with Crippen molar-refractivity contribution in [3.63, 3.8) is 0 Å². The van der Waals surface area contributed by atoms with Crippen molar-refractivity contribution in [2.45, 2.75) is 53.1 Å². The summed E-state index contributed by atoms with van der Waals surface area (Å²) in [6.45, 7) is 7.82.